The van der Waals surface area contributed by atoms with Crippen LogP contribution in [-0.4, -0.2) is 42.2 Å². The van der Waals surface area contributed by atoms with Crippen molar-refractivity contribution in [3.8, 4) is 0 Å². The molecular formula is C16H23NO3. The van der Waals surface area contributed by atoms with Gasteiger partial charge in [0.25, 0.3) is 5.91 Å². The molecule has 0 radical (unpaired) electrons. The Kier molecular flexibility index (Phi) is 5.56. The van der Waals surface area contributed by atoms with Gasteiger partial charge in [-0.15, -0.1) is 0 Å². The minimum Gasteiger partial charge on any atom is -0.395 e. The first kappa shape index (κ1) is 15.0. The third-order valence-corrected chi connectivity index (χ3v) is 3.85. The Hall–Kier alpha value is -1.39. The minimum absolute atomic E-state index is 0.0139. The lowest BCUT2D eigenvalue weighted by molar-refractivity contribution is 0.0637. The van der Waals surface area contributed by atoms with E-state index in [1.165, 1.54) is 12.8 Å². The molecular weight excluding hydrogens is 254 g/mol. The second-order valence-electron chi connectivity index (χ2n) is 5.29. The van der Waals surface area contributed by atoms with E-state index in [0.29, 0.717) is 18.7 Å². The maximum absolute atomic E-state index is 12.7. The monoisotopic (exact) mass is 277 g/mol. The van der Waals surface area contributed by atoms with Gasteiger partial charge < -0.3 is 14.7 Å². The third kappa shape index (κ3) is 3.58. The van der Waals surface area contributed by atoms with Crippen molar-refractivity contribution in [3.63, 3.8) is 0 Å². The fraction of sp³-hybridized carbons (Fsp3) is 0.562. The van der Waals surface area contributed by atoms with Gasteiger partial charge in [-0.25, -0.2) is 0 Å². The highest BCUT2D eigenvalue weighted by Crippen LogP contribution is 2.25. The average Bonchev–Trinajstić information content (AvgIpc) is 2.98. The van der Waals surface area contributed by atoms with Crippen LogP contribution in [0.5, 0.6) is 0 Å². The summed E-state index contributed by atoms with van der Waals surface area (Å²) >= 11 is 0. The molecule has 1 fully saturated rings. The van der Waals surface area contributed by atoms with Crippen LogP contribution in [0.4, 0.5) is 0 Å². The number of ether oxygens (including phenoxy) is 1. The molecule has 0 heterocycles. The molecule has 1 aliphatic carbocycles. The highest BCUT2D eigenvalue weighted by molar-refractivity contribution is 5.94. The summed E-state index contributed by atoms with van der Waals surface area (Å²) in [6.07, 6.45) is 4.43. The van der Waals surface area contributed by atoms with E-state index in [-0.39, 0.29) is 18.6 Å². The van der Waals surface area contributed by atoms with Crippen LogP contribution in [0.15, 0.2) is 24.3 Å². The molecule has 0 bridgehead atoms. The van der Waals surface area contributed by atoms with E-state index >= 15 is 0 Å². The quantitative estimate of drug-likeness (QED) is 0.867. The molecule has 0 unspecified atom stereocenters. The highest BCUT2D eigenvalue weighted by Gasteiger charge is 2.26. The number of benzene rings is 1. The van der Waals surface area contributed by atoms with E-state index in [1.54, 1.807) is 7.11 Å². The summed E-state index contributed by atoms with van der Waals surface area (Å²) in [5.74, 6) is 0.0175. The molecule has 20 heavy (non-hydrogen) atoms. The molecule has 110 valence electrons. The fourth-order valence-corrected chi connectivity index (χ4v) is 2.90. The number of hydrogen-bond acceptors (Lipinski definition) is 3. The molecule has 1 amide bonds. The van der Waals surface area contributed by atoms with Crippen LogP contribution in [0, 0.1) is 0 Å². The summed E-state index contributed by atoms with van der Waals surface area (Å²) in [5, 5.41) is 9.22. The number of nitrogens with zero attached hydrogens (tertiary/aromatic N) is 1. The van der Waals surface area contributed by atoms with Crippen molar-refractivity contribution in [2.24, 2.45) is 0 Å². The van der Waals surface area contributed by atoms with Gasteiger partial charge in [-0.3, -0.25) is 4.79 Å². The molecule has 0 aromatic heterocycles. The van der Waals surface area contributed by atoms with E-state index in [2.05, 4.69) is 0 Å². The van der Waals surface area contributed by atoms with Crippen LogP contribution in [0.2, 0.25) is 0 Å². The van der Waals surface area contributed by atoms with Crippen molar-refractivity contribution in [1.29, 1.82) is 0 Å². The van der Waals surface area contributed by atoms with Gasteiger partial charge in [0, 0.05) is 25.3 Å². The number of rotatable bonds is 6. The fourth-order valence-electron chi connectivity index (χ4n) is 2.90. The summed E-state index contributed by atoms with van der Waals surface area (Å²) in [4.78, 5) is 14.5. The first-order valence-corrected chi connectivity index (χ1v) is 7.26. The summed E-state index contributed by atoms with van der Waals surface area (Å²) in [7, 11) is 1.64. The zero-order valence-corrected chi connectivity index (χ0v) is 12.0. The topological polar surface area (TPSA) is 49.8 Å². The number of carbonyl (C=O) groups is 1. The van der Waals surface area contributed by atoms with Gasteiger partial charge in [-0.2, -0.15) is 0 Å². The molecule has 0 atom stereocenters. The van der Waals surface area contributed by atoms with Gasteiger partial charge in [-0.1, -0.05) is 25.0 Å². The Labute approximate surface area is 120 Å². The molecule has 2 rings (SSSR count). The van der Waals surface area contributed by atoms with Gasteiger partial charge >= 0.3 is 0 Å². The van der Waals surface area contributed by atoms with Crippen molar-refractivity contribution >= 4 is 5.91 Å². The molecule has 1 aliphatic rings. The molecule has 1 N–H and O–H groups in total. The van der Waals surface area contributed by atoms with Crippen molar-refractivity contribution in [1.82, 2.24) is 4.90 Å². The number of aliphatic hydroxyl groups excluding tert-OH is 1. The molecule has 1 aromatic rings. The second kappa shape index (κ2) is 7.41. The summed E-state index contributed by atoms with van der Waals surface area (Å²) in [6, 6.07) is 7.83. The molecule has 0 aliphatic heterocycles. The predicted molar refractivity (Wildman–Crippen MR) is 77.5 cm³/mol. The number of carbonyl (C=O) groups excluding carboxylic acids is 1. The van der Waals surface area contributed by atoms with Crippen LogP contribution >= 0.6 is 0 Å². The summed E-state index contributed by atoms with van der Waals surface area (Å²) < 4.78 is 5.11. The van der Waals surface area contributed by atoms with Crippen LogP contribution in [0.25, 0.3) is 0 Å². The van der Waals surface area contributed by atoms with Crippen molar-refractivity contribution < 1.29 is 14.6 Å². The SMILES string of the molecule is COCc1cccc(C(=O)N(CCO)C2CCCC2)c1. The largest absolute Gasteiger partial charge is 0.395 e. The number of amides is 1. The van der Waals surface area contributed by atoms with Crippen LogP contribution in [0.1, 0.15) is 41.6 Å². The van der Waals surface area contributed by atoms with E-state index in [9.17, 15) is 9.90 Å². The average molecular weight is 277 g/mol. The Balaban J connectivity index is 2.15. The summed E-state index contributed by atoms with van der Waals surface area (Å²) in [5.41, 5.74) is 1.67. The number of aliphatic hydroxyl groups is 1. The van der Waals surface area contributed by atoms with Crippen molar-refractivity contribution in [3.05, 3.63) is 35.4 Å². The standard InChI is InChI=1S/C16H23NO3/c1-20-12-13-5-4-6-14(11-13)16(19)17(9-10-18)15-7-2-3-8-15/h4-6,11,15,18H,2-3,7-10,12H2,1H3. The van der Waals surface area contributed by atoms with E-state index in [1.807, 2.05) is 29.2 Å². The van der Waals surface area contributed by atoms with Crippen LogP contribution in [0.3, 0.4) is 0 Å². The van der Waals surface area contributed by atoms with Crippen LogP contribution < -0.4 is 0 Å². The first-order valence-electron chi connectivity index (χ1n) is 7.26. The maximum Gasteiger partial charge on any atom is 0.254 e. The lowest BCUT2D eigenvalue weighted by Gasteiger charge is -2.28. The Morgan fingerprint density at radius 3 is 2.80 bits per heavy atom. The normalized spacial score (nSPS) is 15.5. The van der Waals surface area contributed by atoms with E-state index in [4.69, 9.17) is 4.74 Å². The van der Waals surface area contributed by atoms with Gasteiger partial charge in [-0.05, 0) is 30.5 Å². The van der Waals surface area contributed by atoms with Gasteiger partial charge in [0.15, 0.2) is 0 Å². The molecule has 1 saturated carbocycles. The summed E-state index contributed by atoms with van der Waals surface area (Å²) in [6.45, 7) is 0.933. The van der Waals surface area contributed by atoms with Gasteiger partial charge in [0.05, 0.1) is 13.2 Å². The third-order valence-electron chi connectivity index (χ3n) is 3.85. The molecule has 0 saturated heterocycles. The minimum atomic E-state index is 0.0139. The molecule has 4 nitrogen and oxygen atoms in total. The Bertz CT molecular complexity index is 441. The van der Waals surface area contributed by atoms with Crippen molar-refractivity contribution in [2.45, 2.75) is 38.3 Å². The number of hydrogen-bond donors (Lipinski definition) is 1. The number of methoxy groups -OCH3 is 1. The lowest BCUT2D eigenvalue weighted by Crippen LogP contribution is -2.40. The Morgan fingerprint density at radius 2 is 2.15 bits per heavy atom. The van der Waals surface area contributed by atoms with E-state index in [0.717, 1.165) is 18.4 Å². The van der Waals surface area contributed by atoms with Gasteiger partial charge in [0.1, 0.15) is 0 Å². The predicted octanol–water partition coefficient (Wildman–Crippen LogP) is 2.21. The second-order valence-corrected chi connectivity index (χ2v) is 5.29. The molecule has 1 aromatic carbocycles. The highest BCUT2D eigenvalue weighted by atomic mass is 16.5. The van der Waals surface area contributed by atoms with Gasteiger partial charge in [0.2, 0.25) is 0 Å². The maximum atomic E-state index is 12.7. The Morgan fingerprint density at radius 1 is 1.40 bits per heavy atom. The van der Waals surface area contributed by atoms with Crippen molar-refractivity contribution in [2.75, 3.05) is 20.3 Å². The zero-order valence-electron chi connectivity index (χ0n) is 12.0. The molecule has 0 spiro atoms. The zero-order chi connectivity index (χ0) is 14.4. The van der Waals surface area contributed by atoms with Crippen LogP contribution in [-0.2, 0) is 11.3 Å². The first-order chi connectivity index (χ1) is 9.76. The van der Waals surface area contributed by atoms with E-state index < -0.39 is 0 Å². The smallest absolute Gasteiger partial charge is 0.254 e. The molecule has 4 heteroatoms. The lowest BCUT2D eigenvalue weighted by atomic mass is 10.1.